The zero-order valence-corrected chi connectivity index (χ0v) is 21.6. The van der Waals surface area contributed by atoms with E-state index in [1.807, 2.05) is 80.6 Å². The lowest BCUT2D eigenvalue weighted by atomic mass is 9.81. The van der Waals surface area contributed by atoms with E-state index in [-0.39, 0.29) is 18.6 Å². The fourth-order valence-corrected chi connectivity index (χ4v) is 5.14. The first kappa shape index (κ1) is 24.9. The SMILES string of the molecule is Cc1ccc([C@@]2(c3ccccc3)NC(=O)N(CN3CCN(C/C=C/c4ccccc4)CC3)C2=O)cc1C. The lowest BCUT2D eigenvalue weighted by molar-refractivity contribution is -0.132. The first-order valence-corrected chi connectivity index (χ1v) is 12.9. The number of benzene rings is 3. The van der Waals surface area contributed by atoms with Gasteiger partial charge in [0.25, 0.3) is 5.91 Å². The van der Waals surface area contributed by atoms with Crippen molar-refractivity contribution in [2.75, 3.05) is 39.4 Å². The van der Waals surface area contributed by atoms with Crippen LogP contribution in [0.15, 0.2) is 84.9 Å². The topological polar surface area (TPSA) is 55.9 Å². The molecule has 0 spiro atoms. The molecule has 6 heteroatoms. The Bertz CT molecular complexity index is 1280. The third kappa shape index (κ3) is 5.08. The van der Waals surface area contributed by atoms with Crippen LogP contribution >= 0.6 is 0 Å². The molecular formula is C31H34N4O2. The van der Waals surface area contributed by atoms with Crippen LogP contribution in [-0.4, -0.2) is 66.0 Å². The Kier molecular flexibility index (Phi) is 7.22. The lowest BCUT2D eigenvalue weighted by Crippen LogP contribution is -2.51. The van der Waals surface area contributed by atoms with Crippen molar-refractivity contribution in [1.29, 1.82) is 0 Å². The van der Waals surface area contributed by atoms with Gasteiger partial charge >= 0.3 is 6.03 Å². The Morgan fingerprint density at radius 3 is 2.11 bits per heavy atom. The van der Waals surface area contributed by atoms with Crippen molar-refractivity contribution in [3.8, 4) is 0 Å². The molecule has 2 saturated heterocycles. The summed E-state index contributed by atoms with van der Waals surface area (Å²) in [6.07, 6.45) is 4.34. The summed E-state index contributed by atoms with van der Waals surface area (Å²) >= 11 is 0. The molecule has 0 saturated carbocycles. The van der Waals surface area contributed by atoms with Crippen molar-refractivity contribution < 1.29 is 9.59 Å². The maximum Gasteiger partial charge on any atom is 0.326 e. The van der Waals surface area contributed by atoms with E-state index in [9.17, 15) is 9.59 Å². The summed E-state index contributed by atoms with van der Waals surface area (Å²) in [5, 5.41) is 3.08. The molecule has 0 unspecified atom stereocenters. The van der Waals surface area contributed by atoms with E-state index in [1.54, 1.807) is 0 Å². The van der Waals surface area contributed by atoms with E-state index in [0.717, 1.165) is 55.0 Å². The summed E-state index contributed by atoms with van der Waals surface area (Å²) < 4.78 is 0. The Labute approximate surface area is 219 Å². The molecule has 0 radical (unpaired) electrons. The minimum Gasteiger partial charge on any atom is -0.315 e. The maximum absolute atomic E-state index is 14.0. The highest BCUT2D eigenvalue weighted by Gasteiger charge is 2.54. The van der Waals surface area contributed by atoms with E-state index in [1.165, 1.54) is 10.5 Å². The lowest BCUT2D eigenvalue weighted by Gasteiger charge is -2.35. The molecule has 3 aromatic rings. The molecule has 37 heavy (non-hydrogen) atoms. The molecular weight excluding hydrogens is 460 g/mol. The number of imide groups is 1. The highest BCUT2D eigenvalue weighted by atomic mass is 16.2. The summed E-state index contributed by atoms with van der Waals surface area (Å²) in [7, 11) is 0. The highest BCUT2D eigenvalue weighted by molar-refractivity contribution is 6.09. The smallest absolute Gasteiger partial charge is 0.315 e. The van der Waals surface area contributed by atoms with E-state index in [4.69, 9.17) is 0 Å². The molecule has 190 valence electrons. The number of aryl methyl sites for hydroxylation is 2. The van der Waals surface area contributed by atoms with Crippen LogP contribution in [0.5, 0.6) is 0 Å². The molecule has 3 aromatic carbocycles. The molecule has 0 aromatic heterocycles. The minimum atomic E-state index is -1.22. The molecule has 5 rings (SSSR count). The van der Waals surface area contributed by atoms with E-state index in [0.29, 0.717) is 0 Å². The Morgan fingerprint density at radius 1 is 0.784 bits per heavy atom. The van der Waals surface area contributed by atoms with Gasteiger partial charge in [0.1, 0.15) is 0 Å². The molecule has 2 heterocycles. The second-order valence-electron chi connectivity index (χ2n) is 9.95. The molecule has 2 aliphatic heterocycles. The average molecular weight is 495 g/mol. The van der Waals surface area contributed by atoms with Crippen LogP contribution in [0, 0.1) is 13.8 Å². The second kappa shape index (κ2) is 10.7. The van der Waals surface area contributed by atoms with Crippen LogP contribution in [0.2, 0.25) is 0 Å². The van der Waals surface area contributed by atoms with Crippen molar-refractivity contribution in [2.45, 2.75) is 19.4 Å². The van der Waals surface area contributed by atoms with Crippen molar-refractivity contribution >= 4 is 18.0 Å². The van der Waals surface area contributed by atoms with Gasteiger partial charge in [0.15, 0.2) is 5.54 Å². The number of carbonyl (C=O) groups is 2. The van der Waals surface area contributed by atoms with Gasteiger partial charge in [0.2, 0.25) is 0 Å². The van der Waals surface area contributed by atoms with Gasteiger partial charge < -0.3 is 5.32 Å². The predicted octanol–water partition coefficient (Wildman–Crippen LogP) is 4.39. The molecule has 2 aliphatic rings. The van der Waals surface area contributed by atoms with Crippen LogP contribution in [-0.2, 0) is 10.3 Å². The summed E-state index contributed by atoms with van der Waals surface area (Å²) in [5.74, 6) is -0.222. The quantitative estimate of drug-likeness (QED) is 0.495. The van der Waals surface area contributed by atoms with E-state index < -0.39 is 5.54 Å². The first-order valence-electron chi connectivity index (χ1n) is 12.9. The maximum atomic E-state index is 14.0. The van der Waals surface area contributed by atoms with Gasteiger partial charge in [-0.05, 0) is 41.7 Å². The van der Waals surface area contributed by atoms with Gasteiger partial charge in [-0.3, -0.25) is 14.6 Å². The van der Waals surface area contributed by atoms with Crippen LogP contribution in [0.3, 0.4) is 0 Å². The van der Waals surface area contributed by atoms with Gasteiger partial charge in [0, 0.05) is 32.7 Å². The second-order valence-corrected chi connectivity index (χ2v) is 9.95. The number of nitrogens with one attached hydrogen (secondary N) is 1. The van der Waals surface area contributed by atoms with E-state index >= 15 is 0 Å². The number of rotatable bonds is 7. The zero-order valence-electron chi connectivity index (χ0n) is 21.6. The highest BCUT2D eigenvalue weighted by Crippen LogP contribution is 2.37. The molecule has 6 nitrogen and oxygen atoms in total. The molecule has 0 bridgehead atoms. The van der Waals surface area contributed by atoms with Crippen molar-refractivity contribution in [2.24, 2.45) is 0 Å². The fourth-order valence-electron chi connectivity index (χ4n) is 5.14. The van der Waals surface area contributed by atoms with Crippen molar-refractivity contribution in [3.63, 3.8) is 0 Å². The summed E-state index contributed by atoms with van der Waals surface area (Å²) in [4.78, 5) is 33.3. The van der Waals surface area contributed by atoms with Crippen molar-refractivity contribution in [1.82, 2.24) is 20.0 Å². The molecule has 1 N–H and O–H groups in total. The zero-order chi connectivity index (χ0) is 25.8. The molecule has 2 fully saturated rings. The number of carbonyl (C=O) groups excluding carboxylic acids is 2. The molecule has 0 aliphatic carbocycles. The van der Waals surface area contributed by atoms with Crippen LogP contribution < -0.4 is 5.32 Å². The van der Waals surface area contributed by atoms with Crippen molar-refractivity contribution in [3.05, 3.63) is 113 Å². The Balaban J connectivity index is 1.28. The average Bonchev–Trinajstić information content (AvgIpc) is 3.18. The number of hydrogen-bond donors (Lipinski definition) is 1. The summed E-state index contributed by atoms with van der Waals surface area (Å²) in [6.45, 7) is 8.65. The number of urea groups is 1. The largest absolute Gasteiger partial charge is 0.326 e. The monoisotopic (exact) mass is 494 g/mol. The van der Waals surface area contributed by atoms with Gasteiger partial charge in [-0.1, -0.05) is 91.0 Å². The number of hydrogen-bond acceptors (Lipinski definition) is 4. The number of amides is 3. The standard InChI is InChI=1S/C31H34N4O2/c1-24-15-16-28(22-25(24)2)31(27-13-7-4-8-14-27)29(36)35(30(37)32-31)23-34-20-18-33(19-21-34)17-9-12-26-10-5-3-6-11-26/h3-16,22H,17-21,23H2,1-2H3,(H,32,37)/b12-9+/t31-/m1/s1. The van der Waals surface area contributed by atoms with Gasteiger partial charge in [0.05, 0.1) is 6.67 Å². The predicted molar refractivity (Wildman–Crippen MR) is 147 cm³/mol. The van der Waals surface area contributed by atoms with Gasteiger partial charge in [-0.15, -0.1) is 0 Å². The van der Waals surface area contributed by atoms with Gasteiger partial charge in [-0.25, -0.2) is 9.69 Å². The third-order valence-electron chi connectivity index (χ3n) is 7.53. The summed E-state index contributed by atoms with van der Waals surface area (Å²) in [6, 6.07) is 25.5. The minimum absolute atomic E-state index is 0.222. The third-order valence-corrected chi connectivity index (χ3v) is 7.53. The first-order chi connectivity index (χ1) is 18.0. The number of nitrogens with zero attached hydrogens (tertiary/aromatic N) is 3. The van der Waals surface area contributed by atoms with Crippen LogP contribution in [0.1, 0.15) is 27.8 Å². The summed E-state index contributed by atoms with van der Waals surface area (Å²) in [5.41, 5.74) is 3.78. The fraction of sp³-hybridized carbons (Fsp3) is 0.290. The van der Waals surface area contributed by atoms with E-state index in [2.05, 4.69) is 39.4 Å². The van der Waals surface area contributed by atoms with Gasteiger partial charge in [-0.2, -0.15) is 0 Å². The Morgan fingerprint density at radius 2 is 1.43 bits per heavy atom. The van der Waals surface area contributed by atoms with Crippen LogP contribution in [0.25, 0.3) is 6.08 Å². The molecule has 1 atom stereocenters. The normalized spacial score (nSPS) is 21.1. The molecule has 3 amide bonds. The Hall–Kier alpha value is -3.74. The van der Waals surface area contributed by atoms with Crippen LogP contribution in [0.4, 0.5) is 4.79 Å². The number of piperazine rings is 1.